The summed E-state index contributed by atoms with van der Waals surface area (Å²) in [5.41, 5.74) is 2.12. The molecule has 0 bridgehead atoms. The van der Waals surface area contributed by atoms with Crippen LogP contribution < -0.4 is 18.9 Å². The Morgan fingerprint density at radius 3 is 2.69 bits per heavy atom. The van der Waals surface area contributed by atoms with Crippen molar-refractivity contribution in [3.8, 4) is 0 Å². The van der Waals surface area contributed by atoms with Gasteiger partial charge in [-0.1, -0.05) is 30.7 Å². The van der Waals surface area contributed by atoms with Crippen molar-refractivity contribution in [3.05, 3.63) is 34.3 Å². The van der Waals surface area contributed by atoms with Crippen LogP contribution in [0.2, 0.25) is 5.02 Å². The Balaban J connectivity index is 0. The molecule has 0 aliphatic heterocycles. The number of benzene rings is 1. The molecule has 0 saturated heterocycles. The molecule has 0 fully saturated rings. The normalized spacial score (nSPS) is 11.8. The summed E-state index contributed by atoms with van der Waals surface area (Å²) in [6.45, 7) is 4.00. The van der Waals surface area contributed by atoms with Gasteiger partial charge in [-0.2, -0.15) is 0 Å². The number of Topliss-reactive ketones (excluding diaryl/α,β-unsaturated/α-hetero) is 1. The van der Waals surface area contributed by atoms with Gasteiger partial charge in [-0.15, -0.1) is 9.24 Å². The molecule has 16 heavy (non-hydrogen) atoms. The largest absolute Gasteiger partial charge is 1.00 e. The molecule has 0 heterocycles. The summed E-state index contributed by atoms with van der Waals surface area (Å²) in [5, 5.41) is 0.566. The number of hydrogen-bond acceptors (Lipinski definition) is 1. The molecule has 1 rings (SSSR count). The van der Waals surface area contributed by atoms with Crippen LogP contribution in [0.5, 0.6) is 0 Å². The zero-order valence-corrected chi connectivity index (χ0v) is 12.0. The first-order valence-corrected chi connectivity index (χ1v) is 6.10. The van der Waals surface area contributed by atoms with Gasteiger partial charge in [-0.05, 0) is 30.6 Å². The fourth-order valence-electron chi connectivity index (χ4n) is 1.47. The number of halogens is 1. The zero-order chi connectivity index (χ0) is 11.4. The third-order valence-electron chi connectivity index (χ3n) is 2.33. The van der Waals surface area contributed by atoms with Crippen LogP contribution in [0.1, 0.15) is 37.1 Å². The molecule has 0 aromatic heterocycles. The number of ketones is 1. The molecule has 4 heteroatoms. The molecule has 2 atom stereocenters. The minimum Gasteiger partial charge on any atom is -1.00 e. The van der Waals surface area contributed by atoms with E-state index in [1.54, 1.807) is 6.07 Å². The third-order valence-corrected chi connectivity index (χ3v) is 2.98. The summed E-state index contributed by atoms with van der Waals surface area (Å²) in [7, 11) is 2.70. The maximum absolute atomic E-state index is 11.9. The average Bonchev–Trinajstić information content (AvgIpc) is 2.14. The van der Waals surface area contributed by atoms with Crippen molar-refractivity contribution in [1.82, 2.24) is 0 Å². The molecule has 0 aliphatic carbocycles. The Kier molecular flexibility index (Phi) is 7.61. The van der Waals surface area contributed by atoms with E-state index in [9.17, 15) is 4.79 Å². The molecule has 1 aromatic carbocycles. The Bertz CT molecular complexity index is 351. The SMILES string of the molecule is Cc1cccc(Cl)c1C(=O)CCC(C)P.[H-].[Li+]. The minimum atomic E-state index is 0. The van der Waals surface area contributed by atoms with Gasteiger partial charge in [0.1, 0.15) is 0 Å². The molecule has 0 spiro atoms. The first-order chi connectivity index (χ1) is 7.02. The molecule has 0 amide bonds. The van der Waals surface area contributed by atoms with Crippen molar-refractivity contribution in [2.75, 3.05) is 0 Å². The van der Waals surface area contributed by atoms with Gasteiger partial charge in [-0.25, -0.2) is 0 Å². The van der Waals surface area contributed by atoms with Crippen LogP contribution in [-0.4, -0.2) is 11.4 Å². The van der Waals surface area contributed by atoms with E-state index in [0.29, 0.717) is 22.7 Å². The first kappa shape index (κ1) is 16.2. The molecule has 1 aromatic rings. The van der Waals surface area contributed by atoms with Crippen LogP contribution in [-0.2, 0) is 0 Å². The summed E-state index contributed by atoms with van der Waals surface area (Å²) in [5.74, 6) is 0.146. The second-order valence-electron chi connectivity index (χ2n) is 3.87. The standard InChI is InChI=1S/C12H16ClOP.Li.H/c1-8-4-3-5-10(13)12(8)11(14)7-6-9(2)15;;/h3-5,9H,6-7,15H2,1-2H3;;/q;+1;-1. The van der Waals surface area contributed by atoms with Crippen molar-refractivity contribution < 1.29 is 25.1 Å². The maximum Gasteiger partial charge on any atom is 1.00 e. The second-order valence-corrected chi connectivity index (χ2v) is 5.42. The molecule has 84 valence electrons. The predicted octanol–water partition coefficient (Wildman–Crippen LogP) is 0.991. The van der Waals surface area contributed by atoms with Gasteiger partial charge in [0.25, 0.3) is 0 Å². The molecule has 1 nitrogen and oxygen atoms in total. The van der Waals surface area contributed by atoms with Gasteiger partial charge in [0.05, 0.1) is 5.02 Å². The van der Waals surface area contributed by atoms with E-state index >= 15 is 0 Å². The second kappa shape index (κ2) is 7.52. The van der Waals surface area contributed by atoms with E-state index in [0.717, 1.165) is 12.0 Å². The quantitative estimate of drug-likeness (QED) is 0.443. The molecule has 2 unspecified atom stereocenters. The molecular weight excluding hydrogens is 233 g/mol. The Morgan fingerprint density at radius 1 is 1.56 bits per heavy atom. The monoisotopic (exact) mass is 250 g/mol. The number of carbonyl (C=O) groups excluding carboxylic acids is 1. The molecular formula is C12H17ClLiOP. The van der Waals surface area contributed by atoms with E-state index in [1.165, 1.54) is 0 Å². The predicted molar refractivity (Wildman–Crippen MR) is 70.0 cm³/mol. The van der Waals surface area contributed by atoms with E-state index in [2.05, 4.69) is 16.2 Å². The van der Waals surface area contributed by atoms with Crippen molar-refractivity contribution in [2.24, 2.45) is 0 Å². The minimum absolute atomic E-state index is 0. The zero-order valence-electron chi connectivity index (χ0n) is 11.1. The number of carbonyl (C=O) groups is 1. The van der Waals surface area contributed by atoms with E-state index in [1.807, 2.05) is 19.1 Å². The van der Waals surface area contributed by atoms with Gasteiger partial charge in [-0.3, -0.25) is 4.79 Å². The number of rotatable bonds is 4. The van der Waals surface area contributed by atoms with E-state index in [4.69, 9.17) is 11.6 Å². The van der Waals surface area contributed by atoms with Gasteiger partial charge >= 0.3 is 18.9 Å². The molecule has 0 N–H and O–H groups in total. The Hall–Kier alpha value is 0.207. The summed E-state index contributed by atoms with van der Waals surface area (Å²) in [6, 6.07) is 5.56. The van der Waals surface area contributed by atoms with Crippen molar-refractivity contribution in [3.63, 3.8) is 0 Å². The van der Waals surface area contributed by atoms with Gasteiger partial charge in [0, 0.05) is 12.0 Å². The summed E-state index contributed by atoms with van der Waals surface area (Å²) in [4.78, 5) is 11.9. The van der Waals surface area contributed by atoms with Gasteiger partial charge in [0.2, 0.25) is 0 Å². The van der Waals surface area contributed by atoms with Crippen LogP contribution in [0.15, 0.2) is 18.2 Å². The van der Waals surface area contributed by atoms with Crippen LogP contribution >= 0.6 is 20.8 Å². The number of aryl methyl sites for hydroxylation is 1. The van der Waals surface area contributed by atoms with E-state index < -0.39 is 0 Å². The first-order valence-electron chi connectivity index (χ1n) is 5.06. The van der Waals surface area contributed by atoms with Gasteiger partial charge in [0.15, 0.2) is 5.78 Å². The number of hydrogen-bond donors (Lipinski definition) is 0. The third kappa shape index (κ3) is 4.60. The topological polar surface area (TPSA) is 17.1 Å². The molecule has 0 radical (unpaired) electrons. The Morgan fingerprint density at radius 2 is 2.19 bits per heavy atom. The smallest absolute Gasteiger partial charge is 1.00 e. The average molecular weight is 251 g/mol. The van der Waals surface area contributed by atoms with Crippen LogP contribution in [0.4, 0.5) is 0 Å². The van der Waals surface area contributed by atoms with Crippen molar-refractivity contribution >= 4 is 26.6 Å². The van der Waals surface area contributed by atoms with Gasteiger partial charge < -0.3 is 1.43 Å². The van der Waals surface area contributed by atoms with Crippen LogP contribution in [0.3, 0.4) is 0 Å². The van der Waals surface area contributed by atoms with Crippen LogP contribution in [0.25, 0.3) is 0 Å². The maximum atomic E-state index is 11.9. The summed E-state index contributed by atoms with van der Waals surface area (Å²) < 4.78 is 0. The summed E-state index contributed by atoms with van der Waals surface area (Å²) in [6.07, 6.45) is 1.45. The molecule has 0 aliphatic rings. The van der Waals surface area contributed by atoms with Crippen molar-refractivity contribution in [2.45, 2.75) is 32.3 Å². The van der Waals surface area contributed by atoms with Crippen molar-refractivity contribution in [1.29, 1.82) is 0 Å². The molecule has 0 saturated carbocycles. The van der Waals surface area contributed by atoms with E-state index in [-0.39, 0.29) is 26.1 Å². The Labute approximate surface area is 118 Å². The fraction of sp³-hybridized carbons (Fsp3) is 0.417. The fourth-order valence-corrected chi connectivity index (χ4v) is 1.96. The summed E-state index contributed by atoms with van der Waals surface area (Å²) >= 11 is 6.01. The van der Waals surface area contributed by atoms with Crippen LogP contribution in [0, 0.1) is 6.92 Å².